The molecule has 1 unspecified atom stereocenters. The van der Waals surface area contributed by atoms with Crippen LogP contribution in [0.4, 0.5) is 0 Å². The van der Waals surface area contributed by atoms with Gasteiger partial charge in [0.2, 0.25) is 0 Å². The first kappa shape index (κ1) is 18.9. The van der Waals surface area contributed by atoms with Gasteiger partial charge in [0.25, 0.3) is 11.7 Å². The Balaban J connectivity index is 1.85. The number of carbonyl (C=O) groups is 2. The molecule has 0 aliphatic carbocycles. The number of halogens is 1. The van der Waals surface area contributed by atoms with Gasteiger partial charge in [-0.1, -0.05) is 35.9 Å². The van der Waals surface area contributed by atoms with E-state index >= 15 is 0 Å². The Morgan fingerprint density at radius 2 is 1.93 bits per heavy atom. The molecule has 28 heavy (non-hydrogen) atoms. The van der Waals surface area contributed by atoms with Gasteiger partial charge in [-0.3, -0.25) is 9.59 Å². The van der Waals surface area contributed by atoms with E-state index in [9.17, 15) is 14.7 Å². The SMILES string of the molecule is Cc1ccc(/C(O)=C2\C(=O)C(=O)N(Cc3cccs3)C2c2ccc(I)o2)cc1. The predicted molar refractivity (Wildman–Crippen MR) is 115 cm³/mol. The fourth-order valence-electron chi connectivity index (χ4n) is 3.25. The van der Waals surface area contributed by atoms with Gasteiger partial charge in [-0.25, -0.2) is 0 Å². The van der Waals surface area contributed by atoms with Crippen molar-refractivity contribution in [3.05, 3.63) is 85.0 Å². The minimum absolute atomic E-state index is 0.0520. The molecule has 0 spiro atoms. The van der Waals surface area contributed by atoms with Crippen LogP contribution in [0, 0.1) is 10.7 Å². The maximum atomic E-state index is 12.9. The Labute approximate surface area is 179 Å². The molecule has 0 bridgehead atoms. The second kappa shape index (κ2) is 7.56. The number of ketones is 1. The number of hydrogen-bond acceptors (Lipinski definition) is 5. The lowest BCUT2D eigenvalue weighted by atomic mass is 9.99. The molecule has 0 radical (unpaired) electrons. The second-order valence-corrected chi connectivity index (χ2v) is 8.61. The average Bonchev–Trinajstić information content (AvgIpc) is 3.39. The third-order valence-electron chi connectivity index (χ3n) is 4.63. The number of Topliss-reactive ketones (excluding diaryl/α,β-unsaturated/α-hetero) is 1. The van der Waals surface area contributed by atoms with Crippen molar-refractivity contribution >= 4 is 51.4 Å². The molecule has 1 aliphatic heterocycles. The lowest BCUT2D eigenvalue weighted by Gasteiger charge is -2.22. The third-order valence-corrected chi connectivity index (χ3v) is 6.08. The number of benzene rings is 1. The van der Waals surface area contributed by atoms with Crippen molar-refractivity contribution in [2.45, 2.75) is 19.5 Å². The monoisotopic (exact) mass is 505 g/mol. The number of furan rings is 1. The van der Waals surface area contributed by atoms with Crippen molar-refractivity contribution in [3.63, 3.8) is 0 Å². The molecule has 1 aliphatic rings. The van der Waals surface area contributed by atoms with Crippen LogP contribution in [0.15, 0.2) is 63.9 Å². The number of likely N-dealkylation sites (tertiary alicyclic amines) is 1. The molecule has 1 atom stereocenters. The van der Waals surface area contributed by atoms with Crippen molar-refractivity contribution in [1.29, 1.82) is 0 Å². The van der Waals surface area contributed by atoms with Crippen LogP contribution >= 0.6 is 33.9 Å². The smallest absolute Gasteiger partial charge is 0.296 e. The zero-order chi connectivity index (χ0) is 19.8. The summed E-state index contributed by atoms with van der Waals surface area (Å²) in [5.74, 6) is -1.08. The van der Waals surface area contributed by atoms with Gasteiger partial charge >= 0.3 is 0 Å². The lowest BCUT2D eigenvalue weighted by molar-refractivity contribution is -0.140. The van der Waals surface area contributed by atoms with Crippen LogP contribution in [0.2, 0.25) is 0 Å². The summed E-state index contributed by atoms with van der Waals surface area (Å²) in [6.07, 6.45) is 0. The zero-order valence-electron chi connectivity index (χ0n) is 14.9. The fourth-order valence-corrected chi connectivity index (χ4v) is 4.39. The number of aliphatic hydroxyl groups excluding tert-OH is 1. The standard InChI is InChI=1S/C21H16INO4S/c1-12-4-6-13(7-5-12)19(24)17-18(15-8-9-16(22)27-15)23(21(26)20(17)25)11-14-3-2-10-28-14/h2-10,18,24H,11H2,1H3/b19-17+. The van der Waals surface area contributed by atoms with E-state index in [-0.39, 0.29) is 17.9 Å². The van der Waals surface area contributed by atoms with E-state index in [4.69, 9.17) is 4.42 Å². The topological polar surface area (TPSA) is 70.8 Å². The van der Waals surface area contributed by atoms with Gasteiger partial charge in [0.1, 0.15) is 17.6 Å². The first-order valence-electron chi connectivity index (χ1n) is 8.59. The molecule has 2 aromatic heterocycles. The predicted octanol–water partition coefficient (Wildman–Crippen LogP) is 4.88. The highest BCUT2D eigenvalue weighted by Gasteiger charge is 2.47. The fraction of sp³-hybridized carbons (Fsp3) is 0.143. The van der Waals surface area contributed by atoms with Crippen molar-refractivity contribution in [2.75, 3.05) is 0 Å². The number of rotatable bonds is 4. The molecular formula is C21H16INO4S. The summed E-state index contributed by atoms with van der Waals surface area (Å²) in [5.41, 5.74) is 1.58. The molecule has 3 aromatic rings. The summed E-state index contributed by atoms with van der Waals surface area (Å²) in [5, 5.41) is 12.8. The largest absolute Gasteiger partial charge is 0.507 e. The van der Waals surface area contributed by atoms with E-state index in [0.717, 1.165) is 10.4 Å². The first-order chi connectivity index (χ1) is 13.5. The summed E-state index contributed by atoms with van der Waals surface area (Å²) < 4.78 is 6.39. The van der Waals surface area contributed by atoms with Gasteiger partial charge in [-0.15, -0.1) is 11.3 Å². The number of hydrogen-bond donors (Lipinski definition) is 1. The molecule has 5 nitrogen and oxygen atoms in total. The van der Waals surface area contributed by atoms with Crippen LogP contribution in [-0.4, -0.2) is 21.7 Å². The maximum absolute atomic E-state index is 12.9. The van der Waals surface area contributed by atoms with E-state index < -0.39 is 17.7 Å². The highest BCUT2D eigenvalue weighted by molar-refractivity contribution is 14.1. The summed E-state index contributed by atoms with van der Waals surface area (Å²) in [7, 11) is 0. The number of amides is 1. The molecule has 7 heteroatoms. The van der Waals surface area contributed by atoms with Crippen LogP contribution in [-0.2, 0) is 16.1 Å². The molecule has 1 saturated heterocycles. The summed E-state index contributed by atoms with van der Waals surface area (Å²) in [6, 6.07) is 13.7. The van der Waals surface area contributed by atoms with Crippen LogP contribution in [0.5, 0.6) is 0 Å². The van der Waals surface area contributed by atoms with E-state index in [1.54, 1.807) is 24.3 Å². The molecule has 3 heterocycles. The molecule has 0 saturated carbocycles. The molecule has 1 aromatic carbocycles. The van der Waals surface area contributed by atoms with Gasteiger partial charge < -0.3 is 14.4 Å². The molecular weight excluding hydrogens is 489 g/mol. The van der Waals surface area contributed by atoms with E-state index in [1.165, 1.54) is 16.2 Å². The number of carbonyl (C=O) groups excluding carboxylic acids is 2. The Kier molecular flexibility index (Phi) is 5.11. The lowest BCUT2D eigenvalue weighted by Crippen LogP contribution is -2.28. The zero-order valence-corrected chi connectivity index (χ0v) is 17.9. The van der Waals surface area contributed by atoms with E-state index in [2.05, 4.69) is 0 Å². The number of thiophene rings is 1. The van der Waals surface area contributed by atoms with Gasteiger partial charge in [0.05, 0.1) is 12.1 Å². The Morgan fingerprint density at radius 1 is 1.18 bits per heavy atom. The average molecular weight is 505 g/mol. The third kappa shape index (κ3) is 3.40. The quantitative estimate of drug-likeness (QED) is 0.238. The minimum atomic E-state index is -0.771. The minimum Gasteiger partial charge on any atom is -0.507 e. The second-order valence-electron chi connectivity index (χ2n) is 6.51. The van der Waals surface area contributed by atoms with Crippen LogP contribution in [0.3, 0.4) is 0 Å². The maximum Gasteiger partial charge on any atom is 0.296 e. The molecule has 1 N–H and O–H groups in total. The number of nitrogens with zero attached hydrogens (tertiary/aromatic N) is 1. The van der Waals surface area contributed by atoms with Gasteiger partial charge in [-0.05, 0) is 53.1 Å². The van der Waals surface area contributed by atoms with Crippen LogP contribution in [0.1, 0.15) is 27.8 Å². The summed E-state index contributed by atoms with van der Waals surface area (Å²) in [6.45, 7) is 2.21. The van der Waals surface area contributed by atoms with Crippen molar-refractivity contribution in [1.82, 2.24) is 4.90 Å². The van der Waals surface area contributed by atoms with Crippen LogP contribution < -0.4 is 0 Å². The molecule has 142 valence electrons. The normalized spacial score (nSPS) is 18.8. The first-order valence-corrected chi connectivity index (χ1v) is 10.5. The highest BCUT2D eigenvalue weighted by atomic mass is 127. The van der Waals surface area contributed by atoms with Gasteiger partial charge in [-0.2, -0.15) is 0 Å². The number of aryl methyl sites for hydroxylation is 1. The highest BCUT2D eigenvalue weighted by Crippen LogP contribution is 2.41. The van der Waals surface area contributed by atoms with E-state index in [1.807, 2.05) is 59.2 Å². The van der Waals surface area contributed by atoms with Crippen LogP contribution in [0.25, 0.3) is 5.76 Å². The molecule has 1 fully saturated rings. The Morgan fingerprint density at radius 3 is 2.54 bits per heavy atom. The van der Waals surface area contributed by atoms with Crippen molar-refractivity contribution < 1.29 is 19.1 Å². The Hall–Kier alpha value is -2.39. The van der Waals surface area contributed by atoms with E-state index in [0.29, 0.717) is 15.1 Å². The Bertz CT molecular complexity index is 1070. The van der Waals surface area contributed by atoms with Crippen molar-refractivity contribution in [3.8, 4) is 0 Å². The molecule has 4 rings (SSSR count). The van der Waals surface area contributed by atoms with Gasteiger partial charge in [0.15, 0.2) is 3.77 Å². The summed E-state index contributed by atoms with van der Waals surface area (Å²) in [4.78, 5) is 28.1. The summed E-state index contributed by atoms with van der Waals surface area (Å²) >= 11 is 3.54. The number of aliphatic hydroxyl groups is 1. The van der Waals surface area contributed by atoms with Crippen molar-refractivity contribution in [2.24, 2.45) is 0 Å². The van der Waals surface area contributed by atoms with Gasteiger partial charge in [0, 0.05) is 10.4 Å². The molecule has 1 amide bonds.